The monoisotopic (exact) mass is 826 g/mol. The van der Waals surface area contributed by atoms with Gasteiger partial charge in [-0.2, -0.15) is 0 Å². The van der Waals surface area contributed by atoms with E-state index in [-0.39, 0.29) is 121 Å². The third-order valence-electron chi connectivity index (χ3n) is 9.07. The van der Waals surface area contributed by atoms with E-state index in [1.165, 1.54) is 6.66 Å². The molecule has 4 N–H and O–H groups in total. The van der Waals surface area contributed by atoms with Crippen LogP contribution in [0, 0.1) is 42.4 Å². The highest BCUT2D eigenvalue weighted by Crippen LogP contribution is 2.73. The molecule has 0 radical (unpaired) electrons. The van der Waals surface area contributed by atoms with E-state index in [4.69, 9.17) is 52.2 Å². The second-order valence-electron chi connectivity index (χ2n) is 13.8. The summed E-state index contributed by atoms with van der Waals surface area (Å²) in [6.07, 6.45) is 17.0. The van der Waals surface area contributed by atoms with Crippen LogP contribution in [0.1, 0.15) is 57.8 Å². The van der Waals surface area contributed by atoms with E-state index in [1.54, 1.807) is 0 Å². The normalized spacial score (nSPS) is 19.1. The van der Waals surface area contributed by atoms with Gasteiger partial charge in [0.1, 0.15) is 19.8 Å². The highest BCUT2D eigenvalue weighted by molar-refractivity contribution is 8.46. The van der Waals surface area contributed by atoms with Crippen LogP contribution in [0.15, 0.2) is 0 Å². The zero-order valence-electron chi connectivity index (χ0n) is 32.5. The van der Waals surface area contributed by atoms with Crippen LogP contribution in [0.5, 0.6) is 0 Å². The molecule has 3 fully saturated rings. The van der Waals surface area contributed by atoms with Crippen molar-refractivity contribution in [2.45, 2.75) is 68.9 Å². The fourth-order valence-corrected chi connectivity index (χ4v) is 7.92. The highest BCUT2D eigenvalue weighted by Gasteiger charge is 2.74. The molecule has 0 aliphatic heterocycles. The highest BCUT2D eigenvalue weighted by atomic mass is 32.7. The molecule has 3 aliphatic carbocycles. The fourth-order valence-electron chi connectivity index (χ4n) is 6.49. The molecule has 314 valence electrons. The molecule has 2 bridgehead atoms. The Balaban J connectivity index is 2.08. The summed E-state index contributed by atoms with van der Waals surface area (Å²) in [5.41, 5.74) is -2.52. The predicted octanol–water partition coefficient (Wildman–Crippen LogP) is 1.22. The van der Waals surface area contributed by atoms with Crippen LogP contribution in [-0.4, -0.2) is 140 Å². The minimum Gasteiger partial charge on any atom is -0.377 e. The van der Waals surface area contributed by atoms with E-state index in [0.29, 0.717) is 58.9 Å². The van der Waals surface area contributed by atoms with Crippen molar-refractivity contribution in [2.24, 2.45) is 5.41 Å². The van der Waals surface area contributed by atoms with Gasteiger partial charge in [0.2, 0.25) is 23.6 Å². The average molecular weight is 827 g/mol. The molecular weight excluding hydrogens is 767 g/mol. The van der Waals surface area contributed by atoms with Gasteiger partial charge in [0.15, 0.2) is 0 Å². The standard InChI is InChI=1S/C38H59N4O12PS/c1-5-17-48-23-26-51-20-14-39-32(43)8-11-37(12-9-33(44)40-15-21-52-27-24-49-18-6-2,13-10-34(45)41-16-22-53-28-25-50-19-7-3)42-35(46)36-29-38(30-36,31-36)54-55(4,47)56/h1-3H,8-31H2,4H3,(H,39,43)(H,40,44)(H,41,45)(H,42,46)(H,47,56)/t36-,38-,55?. The molecule has 4 amide bonds. The third-order valence-corrected chi connectivity index (χ3v) is 10.0. The van der Waals surface area contributed by atoms with Gasteiger partial charge in [0.25, 0.3) is 6.57 Å². The van der Waals surface area contributed by atoms with Crippen molar-refractivity contribution in [1.29, 1.82) is 0 Å². The molecule has 3 saturated carbocycles. The molecule has 1 unspecified atom stereocenters. The number of nitrogens with one attached hydrogen (secondary N) is 4. The van der Waals surface area contributed by atoms with Gasteiger partial charge >= 0.3 is 0 Å². The fraction of sp³-hybridized carbons (Fsp3) is 0.737. The zero-order valence-corrected chi connectivity index (χ0v) is 34.3. The molecule has 1 atom stereocenters. The number of thiol groups is 1. The molecule has 0 spiro atoms. The number of amides is 4. The largest absolute Gasteiger partial charge is 0.377 e. The Bertz CT molecular complexity index is 1290. The van der Waals surface area contributed by atoms with Crippen LogP contribution in [0.25, 0.3) is 0 Å². The summed E-state index contributed by atoms with van der Waals surface area (Å²) in [7, 11) is 0. The van der Waals surface area contributed by atoms with Gasteiger partial charge in [0, 0.05) is 51.1 Å². The lowest BCUT2D eigenvalue weighted by Crippen LogP contribution is -2.74. The van der Waals surface area contributed by atoms with E-state index in [1.807, 2.05) is 0 Å². The lowest BCUT2D eigenvalue weighted by atomic mass is 9.41. The number of hydrogen-bond acceptors (Lipinski definition) is 12. The van der Waals surface area contributed by atoms with Gasteiger partial charge in [-0.05, 0) is 38.5 Å². The molecule has 18 heteroatoms. The summed E-state index contributed by atoms with van der Waals surface area (Å²) in [5, 5.41) is 11.6. The van der Waals surface area contributed by atoms with Crippen molar-refractivity contribution in [3.8, 4) is 37.0 Å². The first-order valence-corrected chi connectivity index (χ1v) is 22.0. The number of terminal acetylenes is 3. The maximum absolute atomic E-state index is 14.0. The Morgan fingerprint density at radius 1 is 0.625 bits per heavy atom. The first-order chi connectivity index (χ1) is 26.8. The van der Waals surface area contributed by atoms with Gasteiger partial charge in [-0.15, -0.1) is 19.3 Å². The molecule has 3 rings (SSSR count). The summed E-state index contributed by atoms with van der Waals surface area (Å²) in [4.78, 5) is 53.1. The molecule has 0 aromatic rings. The van der Waals surface area contributed by atoms with Crippen LogP contribution in [0.3, 0.4) is 0 Å². The molecule has 0 aromatic carbocycles. The summed E-state index contributed by atoms with van der Waals surface area (Å²) in [6.45, 7) is 2.29. The average Bonchev–Trinajstić information content (AvgIpc) is 3.12. The predicted molar refractivity (Wildman–Crippen MR) is 212 cm³/mol. The van der Waals surface area contributed by atoms with Crippen molar-refractivity contribution in [3.63, 3.8) is 0 Å². The van der Waals surface area contributed by atoms with Gasteiger partial charge in [-0.25, -0.2) is 0 Å². The Hall–Kier alpha value is -3.14. The molecule has 0 heterocycles. The van der Waals surface area contributed by atoms with Crippen molar-refractivity contribution in [1.82, 2.24) is 21.3 Å². The third kappa shape index (κ3) is 19.8. The van der Waals surface area contributed by atoms with E-state index >= 15 is 0 Å². The summed E-state index contributed by atoms with van der Waals surface area (Å²) >= 11 is 4.07. The molecule has 3 aliphatic rings. The lowest BCUT2D eigenvalue weighted by Gasteiger charge is -2.68. The van der Waals surface area contributed by atoms with Gasteiger partial charge < -0.3 is 54.2 Å². The van der Waals surface area contributed by atoms with Crippen molar-refractivity contribution >= 4 is 42.4 Å². The van der Waals surface area contributed by atoms with Gasteiger partial charge in [-0.1, -0.05) is 30.0 Å². The Labute approximate surface area is 336 Å². The van der Waals surface area contributed by atoms with Gasteiger partial charge in [0.05, 0.1) is 70.5 Å². The van der Waals surface area contributed by atoms with E-state index in [9.17, 15) is 23.7 Å². The van der Waals surface area contributed by atoms with E-state index in [0.717, 1.165) is 0 Å². The van der Waals surface area contributed by atoms with Crippen LogP contribution in [0.4, 0.5) is 0 Å². The Morgan fingerprint density at radius 3 is 1.29 bits per heavy atom. The van der Waals surface area contributed by atoms with Crippen molar-refractivity contribution < 1.29 is 56.7 Å². The topological polar surface area (TPSA) is 198 Å². The summed E-state index contributed by atoms with van der Waals surface area (Å²) < 4.78 is 49.9. The van der Waals surface area contributed by atoms with Crippen LogP contribution < -0.4 is 21.3 Å². The van der Waals surface area contributed by atoms with E-state index in [2.05, 4.69) is 51.3 Å². The first-order valence-electron chi connectivity index (χ1n) is 18.7. The Morgan fingerprint density at radius 2 is 0.964 bits per heavy atom. The molecule has 0 saturated heterocycles. The smallest absolute Gasteiger partial charge is 0.252 e. The summed E-state index contributed by atoms with van der Waals surface area (Å²) in [5.74, 6) is 5.97. The SMILES string of the molecule is C#CCOCCOCCNC(=O)CCC(CCC(=O)NCCOCCOCC#C)(CCC(=O)NCCOCCOCC#C)NC(=O)[C@]12C[C@@](OP(C)(=O)S)(C1)C2. The quantitative estimate of drug-likeness (QED) is 0.0270. The van der Waals surface area contributed by atoms with Crippen molar-refractivity contribution in [2.75, 3.05) is 106 Å². The maximum atomic E-state index is 14.0. The number of hydrogen-bond donors (Lipinski definition) is 5. The van der Waals surface area contributed by atoms with Crippen LogP contribution in [0.2, 0.25) is 0 Å². The second-order valence-corrected chi connectivity index (χ2v) is 17.7. The van der Waals surface area contributed by atoms with Gasteiger partial charge in [-0.3, -0.25) is 23.7 Å². The second kappa shape index (κ2) is 26.7. The number of carbonyl (C=O) groups is 4. The molecule has 56 heavy (non-hydrogen) atoms. The van der Waals surface area contributed by atoms with Crippen LogP contribution in [-0.2, 0) is 56.7 Å². The maximum Gasteiger partial charge on any atom is 0.252 e. The number of carbonyl (C=O) groups excluding carboxylic acids is 4. The lowest BCUT2D eigenvalue weighted by molar-refractivity contribution is -0.236. The Kier molecular flexibility index (Phi) is 23.4. The molecular formula is C38H59N4O12PS. The van der Waals surface area contributed by atoms with Crippen LogP contribution >= 0.6 is 18.8 Å². The van der Waals surface area contributed by atoms with Crippen molar-refractivity contribution in [3.05, 3.63) is 0 Å². The zero-order chi connectivity index (χ0) is 41.2. The molecule has 0 aromatic heterocycles. The minimum absolute atomic E-state index is 0.00130. The number of rotatable bonds is 34. The minimum atomic E-state index is -3.08. The number of ether oxygens (including phenoxy) is 6. The first kappa shape index (κ1) is 49.0. The molecule has 16 nitrogen and oxygen atoms in total. The summed E-state index contributed by atoms with van der Waals surface area (Å²) in [6, 6.07) is 0. The van der Waals surface area contributed by atoms with E-state index < -0.39 is 23.1 Å².